The van der Waals surface area contributed by atoms with Crippen molar-refractivity contribution in [2.75, 3.05) is 31.1 Å². The molecule has 2 aromatic rings. The van der Waals surface area contributed by atoms with Gasteiger partial charge in [-0.05, 0) is 31.7 Å². The third-order valence-corrected chi connectivity index (χ3v) is 7.13. The third kappa shape index (κ3) is 3.17. The number of hydrogen-bond donors (Lipinski definition) is 1. The zero-order valence-corrected chi connectivity index (χ0v) is 16.5. The van der Waals surface area contributed by atoms with Gasteiger partial charge >= 0.3 is 0 Å². The maximum atomic E-state index is 12.9. The minimum Gasteiger partial charge on any atom is -0.349 e. The highest BCUT2D eigenvalue weighted by atomic mass is 32.1. The van der Waals surface area contributed by atoms with Gasteiger partial charge in [0.15, 0.2) is 5.13 Å². The van der Waals surface area contributed by atoms with Gasteiger partial charge in [-0.25, -0.2) is 4.98 Å². The van der Waals surface area contributed by atoms with Crippen LogP contribution in [0.3, 0.4) is 0 Å². The van der Waals surface area contributed by atoms with Crippen LogP contribution in [-0.2, 0) is 0 Å². The highest BCUT2D eigenvalue weighted by Crippen LogP contribution is 2.36. The van der Waals surface area contributed by atoms with Gasteiger partial charge in [-0.1, -0.05) is 25.2 Å². The lowest BCUT2D eigenvalue weighted by Crippen LogP contribution is -2.53. The number of carbonyl (C=O) groups excluding carboxylic acids is 1. The smallest absolute Gasteiger partial charge is 0.264 e. The summed E-state index contributed by atoms with van der Waals surface area (Å²) in [5.74, 6) is 0.120. The molecule has 0 radical (unpaired) electrons. The number of rotatable bonds is 4. The van der Waals surface area contributed by atoms with Crippen LogP contribution in [0.15, 0.2) is 6.07 Å². The molecule has 1 saturated heterocycles. The Morgan fingerprint density at radius 1 is 1.42 bits per heavy atom. The number of aromatic nitrogens is 1. The van der Waals surface area contributed by atoms with E-state index in [1.165, 1.54) is 11.3 Å². The van der Waals surface area contributed by atoms with Crippen LogP contribution in [0.5, 0.6) is 0 Å². The van der Waals surface area contributed by atoms with E-state index in [1.54, 1.807) is 11.3 Å². The molecule has 24 heavy (non-hydrogen) atoms. The summed E-state index contributed by atoms with van der Waals surface area (Å²) in [6.07, 6.45) is 0.864. The summed E-state index contributed by atoms with van der Waals surface area (Å²) in [6, 6.07) is 2.17. The summed E-state index contributed by atoms with van der Waals surface area (Å²) in [7, 11) is 0. The Labute approximate surface area is 151 Å². The Kier molecular flexibility index (Phi) is 4.86. The van der Waals surface area contributed by atoms with Gasteiger partial charge in [0.2, 0.25) is 0 Å². The standard InChI is InChI=1S/C17H26N4OS2/c1-5-20(6-2)16-19-14-11(24-16)9-12(23-14)15(22)21-8-7-13(18)17(3,4)10-21/h9,13H,5-8,10,18H2,1-4H3. The molecule has 1 unspecified atom stereocenters. The fraction of sp³-hybridized carbons (Fsp3) is 0.647. The molecule has 1 atom stereocenters. The Balaban J connectivity index is 1.80. The minimum atomic E-state index is -0.0310. The number of carbonyl (C=O) groups is 1. The van der Waals surface area contributed by atoms with Gasteiger partial charge in [0.05, 0.1) is 9.58 Å². The molecule has 3 heterocycles. The Hall–Kier alpha value is -1.18. The van der Waals surface area contributed by atoms with Crippen molar-refractivity contribution in [3.05, 3.63) is 10.9 Å². The summed E-state index contributed by atoms with van der Waals surface area (Å²) in [4.78, 5) is 23.5. The van der Waals surface area contributed by atoms with Crippen molar-refractivity contribution in [3.63, 3.8) is 0 Å². The number of hydrogen-bond acceptors (Lipinski definition) is 6. The molecule has 7 heteroatoms. The zero-order chi connectivity index (χ0) is 17.5. The predicted molar refractivity (Wildman–Crippen MR) is 103 cm³/mol. The molecule has 0 saturated carbocycles. The summed E-state index contributed by atoms with van der Waals surface area (Å²) < 4.78 is 1.11. The van der Waals surface area contributed by atoms with Crippen LogP contribution in [0.1, 0.15) is 43.8 Å². The molecule has 1 aliphatic heterocycles. The van der Waals surface area contributed by atoms with E-state index >= 15 is 0 Å². The molecular weight excluding hydrogens is 340 g/mol. The third-order valence-electron chi connectivity index (χ3n) is 4.92. The number of amides is 1. The van der Waals surface area contributed by atoms with Crippen molar-refractivity contribution in [2.24, 2.45) is 11.1 Å². The van der Waals surface area contributed by atoms with Crippen molar-refractivity contribution in [1.82, 2.24) is 9.88 Å². The van der Waals surface area contributed by atoms with Crippen LogP contribution in [-0.4, -0.2) is 48.0 Å². The largest absolute Gasteiger partial charge is 0.349 e. The van der Waals surface area contributed by atoms with Gasteiger partial charge in [0, 0.05) is 32.2 Å². The van der Waals surface area contributed by atoms with Crippen LogP contribution < -0.4 is 10.6 Å². The second kappa shape index (κ2) is 6.61. The fourth-order valence-corrected chi connectivity index (χ4v) is 5.47. The minimum absolute atomic E-state index is 0.0310. The van der Waals surface area contributed by atoms with Crippen molar-refractivity contribution in [3.8, 4) is 0 Å². The predicted octanol–water partition coefficient (Wildman–Crippen LogP) is 3.40. The van der Waals surface area contributed by atoms with Crippen molar-refractivity contribution < 1.29 is 4.79 Å². The number of thiophene rings is 1. The second-order valence-corrected chi connectivity index (χ2v) is 9.10. The van der Waals surface area contributed by atoms with E-state index in [0.29, 0.717) is 0 Å². The lowest BCUT2D eigenvalue weighted by atomic mass is 9.79. The lowest BCUT2D eigenvalue weighted by molar-refractivity contribution is 0.0538. The summed E-state index contributed by atoms with van der Waals surface area (Å²) in [5, 5.41) is 1.05. The second-order valence-electron chi connectivity index (χ2n) is 7.06. The van der Waals surface area contributed by atoms with Gasteiger partial charge in [0.25, 0.3) is 5.91 Å². The first-order chi connectivity index (χ1) is 11.4. The van der Waals surface area contributed by atoms with E-state index in [9.17, 15) is 4.79 Å². The van der Waals surface area contributed by atoms with Gasteiger partial charge in [-0.2, -0.15) is 0 Å². The molecule has 1 fully saturated rings. The molecule has 0 bridgehead atoms. The average Bonchev–Trinajstić information content (AvgIpc) is 3.09. The van der Waals surface area contributed by atoms with E-state index in [1.807, 2.05) is 11.0 Å². The summed E-state index contributed by atoms with van der Waals surface area (Å²) in [6.45, 7) is 11.9. The van der Waals surface area contributed by atoms with Crippen LogP contribution in [0.4, 0.5) is 5.13 Å². The first kappa shape index (κ1) is 17.6. The SMILES string of the molecule is CCN(CC)c1nc2sc(C(=O)N3CCC(N)C(C)(C)C3)cc2s1. The Morgan fingerprint density at radius 3 is 2.71 bits per heavy atom. The van der Waals surface area contributed by atoms with Gasteiger partial charge in [-0.3, -0.25) is 4.79 Å². The molecule has 1 aliphatic rings. The van der Waals surface area contributed by atoms with Crippen molar-refractivity contribution >= 4 is 43.2 Å². The maximum absolute atomic E-state index is 12.9. The van der Waals surface area contributed by atoms with Gasteiger partial charge < -0.3 is 15.5 Å². The first-order valence-electron chi connectivity index (χ1n) is 8.56. The number of nitrogens with zero attached hydrogens (tertiary/aromatic N) is 3. The molecule has 2 N–H and O–H groups in total. The van der Waals surface area contributed by atoms with E-state index in [0.717, 1.165) is 52.1 Å². The molecule has 2 aromatic heterocycles. The number of fused-ring (bicyclic) bond motifs is 1. The molecular formula is C17H26N4OS2. The number of likely N-dealkylation sites (tertiary alicyclic amines) is 1. The van der Waals surface area contributed by atoms with Crippen molar-refractivity contribution in [2.45, 2.75) is 40.2 Å². The van der Waals surface area contributed by atoms with Crippen LogP contribution in [0.2, 0.25) is 0 Å². The average molecular weight is 367 g/mol. The summed E-state index contributed by atoms with van der Waals surface area (Å²) >= 11 is 3.18. The van der Waals surface area contributed by atoms with E-state index in [4.69, 9.17) is 10.7 Å². The number of nitrogens with two attached hydrogens (primary N) is 1. The summed E-state index contributed by atoms with van der Waals surface area (Å²) in [5.41, 5.74) is 6.15. The van der Waals surface area contributed by atoms with E-state index in [2.05, 4.69) is 32.6 Å². The lowest BCUT2D eigenvalue weighted by Gasteiger charge is -2.42. The highest BCUT2D eigenvalue weighted by molar-refractivity contribution is 7.29. The number of anilines is 1. The fourth-order valence-electron chi connectivity index (χ4n) is 3.16. The van der Waals surface area contributed by atoms with Crippen LogP contribution in [0, 0.1) is 5.41 Å². The molecule has 0 aliphatic carbocycles. The molecule has 132 valence electrons. The van der Waals surface area contributed by atoms with Crippen molar-refractivity contribution in [1.29, 1.82) is 0 Å². The monoisotopic (exact) mass is 366 g/mol. The highest BCUT2D eigenvalue weighted by Gasteiger charge is 2.36. The van der Waals surface area contributed by atoms with Crippen LogP contribution >= 0.6 is 22.7 Å². The normalized spacial score (nSPS) is 20.5. The van der Waals surface area contributed by atoms with Gasteiger partial charge in [-0.15, -0.1) is 11.3 Å². The number of piperidine rings is 1. The quantitative estimate of drug-likeness (QED) is 0.901. The topological polar surface area (TPSA) is 62.5 Å². The van der Waals surface area contributed by atoms with E-state index < -0.39 is 0 Å². The number of thiazole rings is 1. The Morgan fingerprint density at radius 2 is 2.12 bits per heavy atom. The molecule has 0 aromatic carbocycles. The van der Waals surface area contributed by atoms with Crippen LogP contribution in [0.25, 0.3) is 9.53 Å². The van der Waals surface area contributed by atoms with Gasteiger partial charge in [0.1, 0.15) is 4.83 Å². The molecule has 1 amide bonds. The Bertz CT molecular complexity index is 701. The first-order valence-corrected chi connectivity index (χ1v) is 10.2. The zero-order valence-electron chi connectivity index (χ0n) is 14.8. The maximum Gasteiger partial charge on any atom is 0.264 e. The molecule has 0 spiro atoms. The molecule has 3 rings (SSSR count). The van der Waals surface area contributed by atoms with E-state index in [-0.39, 0.29) is 17.4 Å². The molecule has 5 nitrogen and oxygen atoms in total.